The number of nitrogens with zero attached hydrogens (tertiary/aromatic N) is 3. The molecule has 0 fully saturated rings. The van der Waals surface area contributed by atoms with Gasteiger partial charge in [0.1, 0.15) is 11.6 Å². The van der Waals surface area contributed by atoms with Crippen molar-refractivity contribution in [3.05, 3.63) is 51.8 Å². The molecule has 124 valence electrons. The van der Waals surface area contributed by atoms with Gasteiger partial charge >= 0.3 is 0 Å². The Hall–Kier alpha value is -3.11. The van der Waals surface area contributed by atoms with Crippen LogP contribution >= 0.6 is 0 Å². The van der Waals surface area contributed by atoms with Crippen LogP contribution in [0.25, 0.3) is 5.69 Å². The fourth-order valence-electron chi connectivity index (χ4n) is 2.28. The molecule has 2 N–H and O–H groups in total. The Balaban J connectivity index is 2.34. The molecular formula is C17H18N4O3. The summed E-state index contributed by atoms with van der Waals surface area (Å²) in [7, 11) is 3.59. The van der Waals surface area contributed by atoms with Crippen LogP contribution < -0.4 is 10.9 Å². The first kappa shape index (κ1) is 17.2. The molecule has 2 rings (SSSR count). The number of pyridine rings is 1. The molecule has 1 amide bonds. The molecule has 2 aromatic rings. The fraction of sp³-hybridized carbons (Fsp3) is 0.235. The number of rotatable bonds is 4. The van der Waals surface area contributed by atoms with E-state index in [9.17, 15) is 14.7 Å². The third kappa shape index (κ3) is 3.62. The maximum absolute atomic E-state index is 12.3. The van der Waals surface area contributed by atoms with E-state index in [1.807, 2.05) is 6.07 Å². The summed E-state index contributed by atoms with van der Waals surface area (Å²) in [6.07, 6.45) is 0. The summed E-state index contributed by atoms with van der Waals surface area (Å²) in [4.78, 5) is 25.8. The van der Waals surface area contributed by atoms with Crippen molar-refractivity contribution in [1.82, 2.24) is 9.47 Å². The van der Waals surface area contributed by atoms with Crippen molar-refractivity contribution in [2.24, 2.45) is 0 Å². The number of hydrogen-bond donors (Lipinski definition) is 2. The van der Waals surface area contributed by atoms with Crippen LogP contribution in [0.1, 0.15) is 11.1 Å². The van der Waals surface area contributed by atoms with Crippen molar-refractivity contribution in [2.75, 3.05) is 26.0 Å². The predicted molar refractivity (Wildman–Crippen MR) is 90.3 cm³/mol. The minimum absolute atomic E-state index is 0.0174. The average Bonchev–Trinajstić information content (AvgIpc) is 2.48. The van der Waals surface area contributed by atoms with Gasteiger partial charge in [-0.1, -0.05) is 0 Å². The number of nitriles is 1. The zero-order valence-electron chi connectivity index (χ0n) is 13.7. The van der Waals surface area contributed by atoms with Gasteiger partial charge in [-0.25, -0.2) is 4.57 Å². The highest BCUT2D eigenvalue weighted by Crippen LogP contribution is 2.19. The Morgan fingerprint density at radius 3 is 2.50 bits per heavy atom. The molecule has 1 aromatic carbocycles. The molecule has 7 nitrogen and oxygen atoms in total. The van der Waals surface area contributed by atoms with Crippen molar-refractivity contribution in [1.29, 1.82) is 5.26 Å². The highest BCUT2D eigenvalue weighted by atomic mass is 16.3. The molecule has 0 atom stereocenters. The van der Waals surface area contributed by atoms with Crippen LogP contribution in [0.3, 0.4) is 0 Å². The van der Waals surface area contributed by atoms with Gasteiger partial charge in [0.25, 0.3) is 5.56 Å². The molecule has 1 aromatic heterocycles. The molecule has 0 aliphatic carbocycles. The van der Waals surface area contributed by atoms with Crippen molar-refractivity contribution in [3.63, 3.8) is 0 Å². The summed E-state index contributed by atoms with van der Waals surface area (Å²) in [5.74, 6) is -0.407. The van der Waals surface area contributed by atoms with E-state index in [1.165, 1.54) is 6.07 Å². The van der Waals surface area contributed by atoms with Gasteiger partial charge in [0, 0.05) is 11.8 Å². The minimum atomic E-state index is -0.584. The number of likely N-dealkylation sites (N-methyl/N-ethyl adjacent to an activating group) is 1. The molecule has 24 heavy (non-hydrogen) atoms. The van der Waals surface area contributed by atoms with E-state index in [-0.39, 0.29) is 23.9 Å². The summed E-state index contributed by atoms with van der Waals surface area (Å²) in [6, 6.07) is 9.64. The molecule has 0 aliphatic rings. The van der Waals surface area contributed by atoms with E-state index in [2.05, 4.69) is 5.32 Å². The topological polar surface area (TPSA) is 98.4 Å². The van der Waals surface area contributed by atoms with Gasteiger partial charge in [-0.15, -0.1) is 0 Å². The number of benzene rings is 1. The number of aromatic nitrogens is 1. The predicted octanol–water partition coefficient (Wildman–Crippen LogP) is 1.22. The van der Waals surface area contributed by atoms with Crippen molar-refractivity contribution in [2.45, 2.75) is 6.92 Å². The maximum Gasteiger partial charge on any atom is 0.276 e. The molecule has 0 saturated heterocycles. The summed E-state index contributed by atoms with van der Waals surface area (Å²) < 4.78 is 1.05. The smallest absolute Gasteiger partial charge is 0.276 e. The number of carbonyl (C=O) groups is 1. The molecule has 0 bridgehead atoms. The highest BCUT2D eigenvalue weighted by molar-refractivity contribution is 5.92. The second-order valence-corrected chi connectivity index (χ2v) is 5.65. The number of amides is 1. The van der Waals surface area contributed by atoms with E-state index < -0.39 is 5.56 Å². The van der Waals surface area contributed by atoms with Gasteiger partial charge in [-0.3, -0.25) is 9.59 Å². The minimum Gasteiger partial charge on any atom is -0.494 e. The molecule has 7 heteroatoms. The van der Waals surface area contributed by atoms with Crippen LogP contribution in [0.2, 0.25) is 0 Å². The second kappa shape index (κ2) is 6.98. The summed E-state index contributed by atoms with van der Waals surface area (Å²) in [5.41, 5.74) is 0.796. The first-order chi connectivity index (χ1) is 11.3. The van der Waals surface area contributed by atoms with Gasteiger partial charge < -0.3 is 15.3 Å². The van der Waals surface area contributed by atoms with Crippen LogP contribution in [0.4, 0.5) is 5.69 Å². The summed E-state index contributed by atoms with van der Waals surface area (Å²) in [6.45, 7) is 1.85. The van der Waals surface area contributed by atoms with Crippen molar-refractivity contribution >= 4 is 11.6 Å². The number of aromatic hydroxyl groups is 1. The molecule has 0 radical (unpaired) electrons. The highest BCUT2D eigenvalue weighted by Gasteiger charge is 2.13. The van der Waals surface area contributed by atoms with Crippen molar-refractivity contribution < 1.29 is 9.90 Å². The Morgan fingerprint density at radius 2 is 1.96 bits per heavy atom. The third-order valence-electron chi connectivity index (χ3n) is 3.37. The number of hydrogen-bond acceptors (Lipinski definition) is 5. The Morgan fingerprint density at radius 1 is 1.33 bits per heavy atom. The lowest BCUT2D eigenvalue weighted by Crippen LogP contribution is -2.27. The van der Waals surface area contributed by atoms with E-state index in [1.54, 1.807) is 50.2 Å². The molecule has 0 spiro atoms. The summed E-state index contributed by atoms with van der Waals surface area (Å²) >= 11 is 0. The van der Waals surface area contributed by atoms with E-state index in [0.717, 1.165) is 4.57 Å². The van der Waals surface area contributed by atoms with E-state index in [0.29, 0.717) is 16.9 Å². The van der Waals surface area contributed by atoms with E-state index >= 15 is 0 Å². The lowest BCUT2D eigenvalue weighted by atomic mass is 10.1. The number of aryl methyl sites for hydroxylation is 1. The van der Waals surface area contributed by atoms with Gasteiger partial charge in [-0.2, -0.15) is 5.26 Å². The number of nitrogens with one attached hydrogen (secondary N) is 1. The normalized spacial score (nSPS) is 10.5. The lowest BCUT2D eigenvalue weighted by Gasteiger charge is -2.12. The Bertz CT molecular complexity index is 861. The first-order valence-electron chi connectivity index (χ1n) is 7.24. The standard InChI is InChI=1S/C17H18N4O3/c1-11-8-16(23)21(17(24)14(11)9-18)13-6-4-12(5-7-13)19-15(22)10-20(2)3/h4-8,23H,10H2,1-3H3,(H,19,22). The fourth-order valence-corrected chi connectivity index (χ4v) is 2.28. The Labute approximate surface area is 139 Å². The zero-order valence-corrected chi connectivity index (χ0v) is 13.7. The third-order valence-corrected chi connectivity index (χ3v) is 3.37. The van der Waals surface area contributed by atoms with Crippen molar-refractivity contribution in [3.8, 4) is 17.6 Å². The molecule has 0 unspecified atom stereocenters. The van der Waals surface area contributed by atoms with Crippen LogP contribution in [-0.2, 0) is 4.79 Å². The molecule has 1 heterocycles. The van der Waals surface area contributed by atoms with Crippen LogP contribution in [0, 0.1) is 18.3 Å². The SMILES string of the molecule is Cc1cc(O)n(-c2ccc(NC(=O)CN(C)C)cc2)c(=O)c1C#N. The quantitative estimate of drug-likeness (QED) is 0.880. The zero-order chi connectivity index (χ0) is 17.9. The molecular weight excluding hydrogens is 308 g/mol. The van der Waals surface area contributed by atoms with Gasteiger partial charge in [0.15, 0.2) is 5.88 Å². The van der Waals surface area contributed by atoms with Crippen LogP contribution in [-0.4, -0.2) is 41.1 Å². The lowest BCUT2D eigenvalue weighted by molar-refractivity contribution is -0.116. The second-order valence-electron chi connectivity index (χ2n) is 5.65. The summed E-state index contributed by atoms with van der Waals surface area (Å²) in [5, 5.41) is 21.8. The largest absolute Gasteiger partial charge is 0.494 e. The molecule has 0 saturated carbocycles. The average molecular weight is 326 g/mol. The monoisotopic (exact) mass is 326 g/mol. The number of anilines is 1. The van der Waals surface area contributed by atoms with Gasteiger partial charge in [0.2, 0.25) is 5.91 Å². The Kier molecular flexibility index (Phi) is 5.02. The number of carbonyl (C=O) groups excluding carboxylic acids is 1. The maximum atomic E-state index is 12.3. The van der Waals surface area contributed by atoms with Gasteiger partial charge in [0.05, 0.1) is 12.2 Å². The first-order valence-corrected chi connectivity index (χ1v) is 7.24. The van der Waals surface area contributed by atoms with E-state index in [4.69, 9.17) is 5.26 Å². The van der Waals surface area contributed by atoms with Crippen LogP contribution in [0.5, 0.6) is 5.88 Å². The molecule has 0 aliphatic heterocycles. The van der Waals surface area contributed by atoms with Crippen LogP contribution in [0.15, 0.2) is 35.1 Å². The van der Waals surface area contributed by atoms with Gasteiger partial charge in [-0.05, 0) is 50.8 Å².